The first-order valence-electron chi connectivity index (χ1n) is 6.42. The Morgan fingerprint density at radius 2 is 2.35 bits per heavy atom. The van der Waals surface area contributed by atoms with Crippen LogP contribution in [0.2, 0.25) is 0 Å². The van der Waals surface area contributed by atoms with E-state index in [1.807, 2.05) is 6.07 Å². The van der Waals surface area contributed by atoms with Gasteiger partial charge in [-0.2, -0.15) is 9.57 Å². The van der Waals surface area contributed by atoms with E-state index in [2.05, 4.69) is 5.32 Å². The lowest BCUT2D eigenvalue weighted by Gasteiger charge is -2.23. The fraction of sp³-hybridized carbons (Fsp3) is 0.583. The lowest BCUT2D eigenvalue weighted by molar-refractivity contribution is 0.246. The fourth-order valence-corrected chi connectivity index (χ4v) is 4.96. The van der Waals surface area contributed by atoms with Crippen LogP contribution in [0.5, 0.6) is 0 Å². The van der Waals surface area contributed by atoms with E-state index >= 15 is 0 Å². The maximum absolute atomic E-state index is 12.5. The fourth-order valence-electron chi connectivity index (χ4n) is 2.23. The predicted molar refractivity (Wildman–Crippen MR) is 75.9 cm³/mol. The molecule has 0 radical (unpaired) electrons. The molecule has 2 N–H and O–H groups in total. The Hall–Kier alpha value is -0.980. The van der Waals surface area contributed by atoms with Crippen molar-refractivity contribution in [2.75, 3.05) is 26.2 Å². The zero-order chi connectivity index (χ0) is 14.6. The highest BCUT2D eigenvalue weighted by Gasteiger charge is 2.29. The quantitative estimate of drug-likeness (QED) is 0.790. The highest BCUT2D eigenvalue weighted by Crippen LogP contribution is 2.25. The van der Waals surface area contributed by atoms with E-state index in [1.54, 1.807) is 0 Å². The van der Waals surface area contributed by atoms with Crippen LogP contribution in [-0.4, -0.2) is 50.1 Å². The molecule has 110 valence electrons. The van der Waals surface area contributed by atoms with Crippen LogP contribution >= 0.6 is 11.3 Å². The van der Waals surface area contributed by atoms with Gasteiger partial charge in [0.25, 0.3) is 10.0 Å². The van der Waals surface area contributed by atoms with E-state index in [9.17, 15) is 8.42 Å². The lowest BCUT2D eigenvalue weighted by Crippen LogP contribution is -2.42. The van der Waals surface area contributed by atoms with Crippen molar-refractivity contribution in [2.24, 2.45) is 0 Å². The summed E-state index contributed by atoms with van der Waals surface area (Å²) in [5.74, 6) is 0. The van der Waals surface area contributed by atoms with Crippen molar-refractivity contribution >= 4 is 21.4 Å². The van der Waals surface area contributed by atoms with Crippen LogP contribution in [0.15, 0.2) is 16.3 Å². The largest absolute Gasteiger partial charge is 0.395 e. The molecule has 1 unspecified atom stereocenters. The Morgan fingerprint density at radius 3 is 2.90 bits per heavy atom. The number of hydrogen-bond acceptors (Lipinski definition) is 6. The van der Waals surface area contributed by atoms with Gasteiger partial charge < -0.3 is 10.4 Å². The molecular formula is C12H17N3O3S2. The van der Waals surface area contributed by atoms with Crippen LogP contribution in [0.3, 0.4) is 0 Å². The number of thiophene rings is 1. The molecule has 2 rings (SSSR count). The molecule has 1 aromatic rings. The molecule has 0 spiro atoms. The number of nitrogens with one attached hydrogen (secondary N) is 1. The molecule has 0 bridgehead atoms. The summed E-state index contributed by atoms with van der Waals surface area (Å²) in [5, 5.41) is 21.1. The van der Waals surface area contributed by atoms with Gasteiger partial charge in [-0.15, -0.1) is 11.3 Å². The molecular weight excluding hydrogens is 298 g/mol. The first-order chi connectivity index (χ1) is 9.57. The lowest BCUT2D eigenvalue weighted by atomic mass is 10.2. The minimum atomic E-state index is -3.64. The van der Waals surface area contributed by atoms with Gasteiger partial charge >= 0.3 is 0 Å². The SMILES string of the molecule is N#Cc1ccc(S(=O)(=O)N(CCO)CC2CCCN2)s1. The van der Waals surface area contributed by atoms with Crippen molar-refractivity contribution in [3.63, 3.8) is 0 Å². The van der Waals surface area contributed by atoms with Crippen molar-refractivity contribution in [1.29, 1.82) is 5.26 Å². The number of sulfonamides is 1. The third-order valence-corrected chi connectivity index (χ3v) is 6.54. The van der Waals surface area contributed by atoms with Crippen molar-refractivity contribution < 1.29 is 13.5 Å². The Kier molecular flexibility index (Phi) is 5.12. The summed E-state index contributed by atoms with van der Waals surface area (Å²) < 4.78 is 26.5. The molecule has 1 fully saturated rings. The molecule has 1 aliphatic rings. The van der Waals surface area contributed by atoms with Gasteiger partial charge in [-0.05, 0) is 31.5 Å². The first-order valence-corrected chi connectivity index (χ1v) is 8.68. The second kappa shape index (κ2) is 6.65. The zero-order valence-electron chi connectivity index (χ0n) is 10.9. The molecule has 1 saturated heterocycles. The monoisotopic (exact) mass is 315 g/mol. The Balaban J connectivity index is 2.19. The number of aliphatic hydroxyl groups excluding tert-OH is 1. The van der Waals surface area contributed by atoms with E-state index in [0.717, 1.165) is 30.7 Å². The van der Waals surface area contributed by atoms with Gasteiger partial charge in [0.15, 0.2) is 0 Å². The zero-order valence-corrected chi connectivity index (χ0v) is 12.6. The average molecular weight is 315 g/mol. The molecule has 8 heteroatoms. The standard InChI is InChI=1S/C12H17N3O3S2/c13-8-11-3-4-12(19-11)20(17,18)15(6-7-16)9-10-2-1-5-14-10/h3-4,10,14,16H,1-2,5-7,9H2. The number of aliphatic hydroxyl groups is 1. The second-order valence-electron chi connectivity index (χ2n) is 4.61. The average Bonchev–Trinajstić information content (AvgIpc) is 3.09. The van der Waals surface area contributed by atoms with E-state index in [1.165, 1.54) is 16.4 Å². The van der Waals surface area contributed by atoms with E-state index in [-0.39, 0.29) is 23.4 Å². The molecule has 1 aliphatic heterocycles. The third-order valence-electron chi connectivity index (χ3n) is 3.22. The molecule has 0 aromatic carbocycles. The minimum absolute atomic E-state index is 0.0697. The summed E-state index contributed by atoms with van der Waals surface area (Å²) in [7, 11) is -3.64. The van der Waals surface area contributed by atoms with Crippen molar-refractivity contribution in [2.45, 2.75) is 23.1 Å². The molecule has 0 amide bonds. The van der Waals surface area contributed by atoms with Gasteiger partial charge in [0.1, 0.15) is 15.2 Å². The number of nitriles is 1. The van der Waals surface area contributed by atoms with E-state index in [4.69, 9.17) is 10.4 Å². The summed E-state index contributed by atoms with van der Waals surface area (Å²) in [6.07, 6.45) is 1.97. The molecule has 20 heavy (non-hydrogen) atoms. The summed E-state index contributed by atoms with van der Waals surface area (Å²) in [5.41, 5.74) is 0. The highest BCUT2D eigenvalue weighted by atomic mass is 32.2. The minimum Gasteiger partial charge on any atom is -0.395 e. The van der Waals surface area contributed by atoms with E-state index < -0.39 is 10.0 Å². The van der Waals surface area contributed by atoms with Crippen LogP contribution in [0.25, 0.3) is 0 Å². The smallest absolute Gasteiger partial charge is 0.252 e. The predicted octanol–water partition coefficient (Wildman–Crippen LogP) is 0.355. The molecule has 0 saturated carbocycles. The van der Waals surface area contributed by atoms with Gasteiger partial charge in [0.05, 0.1) is 6.61 Å². The second-order valence-corrected chi connectivity index (χ2v) is 7.86. The Bertz CT molecular complexity index is 585. The summed E-state index contributed by atoms with van der Waals surface area (Å²) in [6.45, 7) is 1.10. The van der Waals surface area contributed by atoms with Crippen molar-refractivity contribution in [1.82, 2.24) is 9.62 Å². The maximum Gasteiger partial charge on any atom is 0.252 e. The van der Waals surface area contributed by atoms with Gasteiger partial charge in [-0.1, -0.05) is 0 Å². The van der Waals surface area contributed by atoms with Crippen LogP contribution in [-0.2, 0) is 10.0 Å². The van der Waals surface area contributed by atoms with E-state index in [0.29, 0.717) is 11.4 Å². The van der Waals surface area contributed by atoms with Crippen LogP contribution in [0, 0.1) is 11.3 Å². The van der Waals surface area contributed by atoms with Gasteiger partial charge in [0, 0.05) is 19.1 Å². The Labute approximate surface area is 122 Å². The topological polar surface area (TPSA) is 93.4 Å². The normalized spacial score (nSPS) is 19.4. The number of nitrogens with zero attached hydrogens (tertiary/aromatic N) is 2. The molecule has 6 nitrogen and oxygen atoms in total. The highest BCUT2D eigenvalue weighted by molar-refractivity contribution is 7.91. The maximum atomic E-state index is 12.5. The van der Waals surface area contributed by atoms with Gasteiger partial charge in [0.2, 0.25) is 0 Å². The van der Waals surface area contributed by atoms with Crippen molar-refractivity contribution in [3.05, 3.63) is 17.0 Å². The van der Waals surface area contributed by atoms with Crippen LogP contribution in [0.4, 0.5) is 0 Å². The van der Waals surface area contributed by atoms with Crippen LogP contribution in [0.1, 0.15) is 17.7 Å². The van der Waals surface area contributed by atoms with Gasteiger partial charge in [-0.25, -0.2) is 8.42 Å². The van der Waals surface area contributed by atoms with Crippen LogP contribution < -0.4 is 5.32 Å². The van der Waals surface area contributed by atoms with Gasteiger partial charge in [-0.3, -0.25) is 0 Å². The molecule has 1 aromatic heterocycles. The summed E-state index contributed by atoms with van der Waals surface area (Å²) >= 11 is 0.959. The summed E-state index contributed by atoms with van der Waals surface area (Å²) in [6, 6.07) is 5.02. The Morgan fingerprint density at radius 1 is 1.55 bits per heavy atom. The molecule has 0 aliphatic carbocycles. The molecule has 2 heterocycles. The first kappa shape index (κ1) is 15.4. The number of hydrogen-bond donors (Lipinski definition) is 2. The number of rotatable bonds is 6. The summed E-state index contributed by atoms with van der Waals surface area (Å²) in [4.78, 5) is 0.367. The molecule has 1 atom stereocenters. The third kappa shape index (κ3) is 3.37. The van der Waals surface area contributed by atoms with Crippen molar-refractivity contribution in [3.8, 4) is 6.07 Å².